The van der Waals surface area contributed by atoms with Crippen molar-refractivity contribution in [2.45, 2.75) is 72.3 Å². The van der Waals surface area contributed by atoms with Crippen molar-refractivity contribution in [3.05, 3.63) is 83.9 Å². The highest BCUT2D eigenvalue weighted by Crippen LogP contribution is 2.32. The Kier molecular flexibility index (Phi) is 12.1. The molecule has 0 aliphatic heterocycles. The summed E-state index contributed by atoms with van der Waals surface area (Å²) in [6.07, 6.45) is 7.29. The molecule has 3 rings (SSSR count). The molecule has 0 aliphatic carbocycles. The van der Waals surface area contributed by atoms with Crippen LogP contribution in [0.2, 0.25) is 0 Å². The summed E-state index contributed by atoms with van der Waals surface area (Å²) in [6.45, 7) is 7.74. The van der Waals surface area contributed by atoms with E-state index in [9.17, 15) is 9.59 Å². The highest BCUT2D eigenvalue weighted by molar-refractivity contribution is 6.00. The molecule has 0 heterocycles. The highest BCUT2D eigenvalue weighted by atomic mass is 16.2. The van der Waals surface area contributed by atoms with Gasteiger partial charge in [0.05, 0.1) is 11.3 Å². The van der Waals surface area contributed by atoms with Gasteiger partial charge in [-0.1, -0.05) is 95.0 Å². The molecule has 2 amide bonds. The van der Waals surface area contributed by atoms with E-state index in [1.807, 2.05) is 60.5 Å². The van der Waals surface area contributed by atoms with Crippen molar-refractivity contribution in [1.29, 1.82) is 0 Å². The summed E-state index contributed by atoms with van der Waals surface area (Å²) in [4.78, 5) is 27.4. The van der Waals surface area contributed by atoms with Crippen molar-refractivity contribution < 1.29 is 9.59 Å². The van der Waals surface area contributed by atoms with Crippen LogP contribution in [0.25, 0.3) is 11.1 Å². The van der Waals surface area contributed by atoms with Gasteiger partial charge in [-0.25, -0.2) is 0 Å². The summed E-state index contributed by atoms with van der Waals surface area (Å²) in [7, 11) is 1.89. The normalized spacial score (nSPS) is 10.9. The van der Waals surface area contributed by atoms with Gasteiger partial charge in [-0.05, 0) is 54.2 Å². The van der Waals surface area contributed by atoms with Crippen LogP contribution >= 0.6 is 0 Å². The van der Waals surface area contributed by atoms with E-state index < -0.39 is 0 Å². The molecule has 0 atom stereocenters. The molecule has 208 valence electrons. The summed E-state index contributed by atoms with van der Waals surface area (Å²) in [6, 6.07) is 24.1. The number of carbonyl (C=O) groups excluding carboxylic acids is 2. The van der Waals surface area contributed by atoms with Crippen LogP contribution in [0.4, 0.5) is 11.4 Å². The third kappa shape index (κ3) is 9.58. The lowest BCUT2D eigenvalue weighted by Crippen LogP contribution is -2.26. The Bertz CT molecular complexity index is 1200. The molecule has 0 radical (unpaired) electrons. The third-order valence-electron chi connectivity index (χ3n) is 6.95. The van der Waals surface area contributed by atoms with Gasteiger partial charge in [-0.3, -0.25) is 9.59 Å². The third-order valence-corrected chi connectivity index (χ3v) is 6.95. The summed E-state index contributed by atoms with van der Waals surface area (Å²) in [5.41, 5.74) is 5.52. The Morgan fingerprint density at radius 3 is 2.33 bits per heavy atom. The molecule has 5 heteroatoms. The maximum absolute atomic E-state index is 12.9. The van der Waals surface area contributed by atoms with Gasteiger partial charge in [-0.2, -0.15) is 0 Å². The largest absolute Gasteiger partial charge is 0.354 e. The number of nitrogens with zero attached hydrogens (tertiary/aromatic N) is 1. The zero-order valence-electron chi connectivity index (χ0n) is 24.1. The van der Waals surface area contributed by atoms with Crippen LogP contribution in [0.3, 0.4) is 0 Å². The molecule has 3 aromatic carbocycles. The van der Waals surface area contributed by atoms with Crippen molar-refractivity contribution in [2.75, 3.05) is 18.9 Å². The van der Waals surface area contributed by atoms with Gasteiger partial charge in [-0.15, -0.1) is 0 Å². The predicted molar refractivity (Wildman–Crippen MR) is 163 cm³/mol. The fraction of sp³-hybridized carbons (Fsp3) is 0.412. The van der Waals surface area contributed by atoms with Gasteiger partial charge in [0.2, 0.25) is 5.91 Å². The van der Waals surface area contributed by atoms with Gasteiger partial charge in [0.15, 0.2) is 0 Å². The number of benzene rings is 3. The molecule has 0 aliphatic rings. The van der Waals surface area contributed by atoms with Gasteiger partial charge in [0.25, 0.3) is 5.91 Å². The SMILES string of the molecule is CCCCCCCC(=O)N(C)Cc1cccc(-c2ccccc2Nc2ccccc2C(=O)NCCC(C)C)c1. The average molecular weight is 528 g/mol. The molecular weight excluding hydrogens is 482 g/mol. The van der Waals surface area contributed by atoms with E-state index in [0.29, 0.717) is 31.0 Å². The van der Waals surface area contributed by atoms with Crippen LogP contribution in [0.5, 0.6) is 0 Å². The molecule has 0 saturated carbocycles. The van der Waals surface area contributed by atoms with E-state index in [4.69, 9.17) is 0 Å². The monoisotopic (exact) mass is 527 g/mol. The number of nitrogens with one attached hydrogen (secondary N) is 2. The summed E-state index contributed by atoms with van der Waals surface area (Å²) >= 11 is 0. The minimum Gasteiger partial charge on any atom is -0.354 e. The first-order valence-electron chi connectivity index (χ1n) is 14.5. The highest BCUT2D eigenvalue weighted by Gasteiger charge is 2.14. The molecule has 2 N–H and O–H groups in total. The number of hydrogen-bond acceptors (Lipinski definition) is 3. The molecule has 0 saturated heterocycles. The zero-order valence-corrected chi connectivity index (χ0v) is 24.1. The Morgan fingerprint density at radius 2 is 1.56 bits per heavy atom. The smallest absolute Gasteiger partial charge is 0.253 e. The van der Waals surface area contributed by atoms with Crippen molar-refractivity contribution >= 4 is 23.2 Å². The van der Waals surface area contributed by atoms with Crippen LogP contribution in [-0.2, 0) is 11.3 Å². The maximum Gasteiger partial charge on any atom is 0.253 e. The summed E-state index contributed by atoms with van der Waals surface area (Å²) < 4.78 is 0. The Hall–Kier alpha value is -3.60. The Balaban J connectivity index is 1.72. The van der Waals surface area contributed by atoms with Gasteiger partial charge >= 0.3 is 0 Å². The lowest BCUT2D eigenvalue weighted by atomic mass is 10.0. The van der Waals surface area contributed by atoms with E-state index in [-0.39, 0.29) is 11.8 Å². The number of para-hydroxylation sites is 2. The first-order valence-corrected chi connectivity index (χ1v) is 14.5. The Morgan fingerprint density at radius 1 is 0.846 bits per heavy atom. The molecule has 0 aromatic heterocycles. The lowest BCUT2D eigenvalue weighted by Gasteiger charge is -2.19. The molecule has 0 bridgehead atoms. The topological polar surface area (TPSA) is 61.4 Å². The van der Waals surface area contributed by atoms with E-state index in [1.165, 1.54) is 19.3 Å². The minimum atomic E-state index is -0.0729. The fourth-order valence-electron chi connectivity index (χ4n) is 4.62. The van der Waals surface area contributed by atoms with Gasteiger partial charge < -0.3 is 15.5 Å². The second kappa shape index (κ2) is 15.7. The van der Waals surface area contributed by atoms with Crippen LogP contribution in [-0.4, -0.2) is 30.3 Å². The molecule has 39 heavy (non-hydrogen) atoms. The van der Waals surface area contributed by atoms with Crippen LogP contribution in [0.15, 0.2) is 72.8 Å². The van der Waals surface area contributed by atoms with Crippen LogP contribution in [0.1, 0.15) is 81.6 Å². The molecule has 0 fully saturated rings. The molecule has 0 unspecified atom stereocenters. The first-order chi connectivity index (χ1) is 18.9. The van der Waals surface area contributed by atoms with Crippen molar-refractivity contribution in [3.63, 3.8) is 0 Å². The molecular formula is C34H45N3O2. The van der Waals surface area contributed by atoms with Crippen molar-refractivity contribution in [2.24, 2.45) is 5.92 Å². The molecule has 5 nitrogen and oxygen atoms in total. The standard InChI is InChI=1S/C34H45N3O2/c1-5-6-7-8-9-21-33(38)37(4)25-27-15-14-16-28(24-27)29-17-10-12-19-31(29)36-32-20-13-11-18-30(32)34(39)35-23-22-26(2)3/h10-20,24,26,36H,5-9,21-23,25H2,1-4H3,(H,35,39). The molecule has 3 aromatic rings. The second-order valence-electron chi connectivity index (χ2n) is 10.8. The van der Waals surface area contributed by atoms with Gasteiger partial charge in [0, 0.05) is 37.8 Å². The summed E-state index contributed by atoms with van der Waals surface area (Å²) in [5.74, 6) is 0.660. The van der Waals surface area contributed by atoms with Gasteiger partial charge in [0.1, 0.15) is 0 Å². The lowest BCUT2D eigenvalue weighted by molar-refractivity contribution is -0.130. The van der Waals surface area contributed by atoms with E-state index in [1.54, 1.807) is 0 Å². The number of unbranched alkanes of at least 4 members (excludes halogenated alkanes) is 4. The first kappa shape index (κ1) is 29.9. The van der Waals surface area contributed by atoms with Crippen LogP contribution < -0.4 is 10.6 Å². The predicted octanol–water partition coefficient (Wildman–Crippen LogP) is 8.19. The van der Waals surface area contributed by atoms with Crippen molar-refractivity contribution in [1.82, 2.24) is 10.2 Å². The Labute approximate surface area is 235 Å². The summed E-state index contributed by atoms with van der Waals surface area (Å²) in [5, 5.41) is 6.56. The number of carbonyl (C=O) groups is 2. The molecule has 0 spiro atoms. The number of anilines is 2. The van der Waals surface area contributed by atoms with Crippen LogP contribution in [0, 0.1) is 5.92 Å². The quantitative estimate of drug-likeness (QED) is 0.196. The van der Waals surface area contributed by atoms with Crippen molar-refractivity contribution in [3.8, 4) is 11.1 Å². The number of amides is 2. The second-order valence-corrected chi connectivity index (χ2v) is 10.8. The van der Waals surface area contributed by atoms with E-state index >= 15 is 0 Å². The van der Waals surface area contributed by atoms with E-state index in [0.717, 1.165) is 47.3 Å². The maximum atomic E-state index is 12.9. The average Bonchev–Trinajstić information content (AvgIpc) is 2.93. The minimum absolute atomic E-state index is 0.0729. The fourth-order valence-corrected chi connectivity index (χ4v) is 4.62. The van der Waals surface area contributed by atoms with E-state index in [2.05, 4.69) is 55.7 Å². The number of rotatable bonds is 15. The number of hydrogen-bond donors (Lipinski definition) is 2. The zero-order chi connectivity index (χ0) is 28.0.